The molecular formula is C8H7IO2. The SMILES string of the molecule is O=C(O)C=Ic1ccccc1. The molecule has 0 amide bonds. The van der Waals surface area contributed by atoms with Crippen LogP contribution in [0.25, 0.3) is 0 Å². The first kappa shape index (κ1) is 8.39. The molecule has 0 fully saturated rings. The molecule has 1 aromatic rings. The van der Waals surface area contributed by atoms with Crippen molar-refractivity contribution in [2.24, 2.45) is 0 Å². The summed E-state index contributed by atoms with van der Waals surface area (Å²) in [6.07, 6.45) is 0. The summed E-state index contributed by atoms with van der Waals surface area (Å²) in [5.41, 5.74) is 0. The van der Waals surface area contributed by atoms with Crippen molar-refractivity contribution in [1.82, 2.24) is 0 Å². The van der Waals surface area contributed by atoms with E-state index in [0.29, 0.717) is 0 Å². The third-order valence-corrected chi connectivity index (χ3v) is 3.29. The number of rotatable bonds is 2. The van der Waals surface area contributed by atoms with Crippen LogP contribution in [0.1, 0.15) is 0 Å². The largest absolute Gasteiger partial charge is 0.478 e. The Morgan fingerprint density at radius 1 is 1.36 bits per heavy atom. The minimum absolute atomic E-state index is 0.438. The number of carbonyl (C=O) groups is 1. The molecule has 0 aliphatic rings. The van der Waals surface area contributed by atoms with Gasteiger partial charge in [0.2, 0.25) is 0 Å². The number of hydrogen-bond donors (Lipinski definition) is 1. The molecule has 2 nitrogen and oxygen atoms in total. The molecule has 1 aromatic carbocycles. The predicted molar refractivity (Wildman–Crippen MR) is 52.9 cm³/mol. The van der Waals surface area contributed by atoms with Crippen LogP contribution >= 0.6 is 20.7 Å². The maximum absolute atomic E-state index is 10.1. The van der Waals surface area contributed by atoms with Gasteiger partial charge in [-0.2, -0.15) is 0 Å². The van der Waals surface area contributed by atoms with Crippen molar-refractivity contribution in [1.29, 1.82) is 0 Å². The van der Waals surface area contributed by atoms with Crippen LogP contribution < -0.4 is 0 Å². The summed E-state index contributed by atoms with van der Waals surface area (Å²) in [5.74, 6) is -0.818. The van der Waals surface area contributed by atoms with E-state index in [1.165, 1.54) is 4.01 Å². The molecular weight excluding hydrogens is 255 g/mol. The number of halogens is 1. The summed E-state index contributed by atoms with van der Waals surface area (Å²) in [6.45, 7) is 0. The fraction of sp³-hybridized carbons (Fsp3) is 0. The van der Waals surface area contributed by atoms with E-state index in [4.69, 9.17) is 5.11 Å². The van der Waals surface area contributed by atoms with Crippen LogP contribution in [-0.4, -0.2) is 15.1 Å². The second-order valence-electron chi connectivity index (χ2n) is 1.85. The van der Waals surface area contributed by atoms with Gasteiger partial charge in [0.05, 0.1) is 4.01 Å². The lowest BCUT2D eigenvalue weighted by Gasteiger charge is -1.87. The van der Waals surface area contributed by atoms with E-state index < -0.39 is 26.7 Å². The van der Waals surface area contributed by atoms with Crippen LogP contribution in [-0.2, 0) is 4.79 Å². The van der Waals surface area contributed by atoms with Gasteiger partial charge in [-0.25, -0.2) is 4.79 Å². The summed E-state index contributed by atoms with van der Waals surface area (Å²) >= 11 is -0.438. The fourth-order valence-corrected chi connectivity index (χ4v) is 2.05. The molecule has 0 atom stereocenters. The lowest BCUT2D eigenvalue weighted by atomic mass is 10.4. The Labute approximate surface area is 74.6 Å². The Hall–Kier alpha value is -0.710. The zero-order valence-electron chi connectivity index (χ0n) is 5.70. The molecule has 0 saturated carbocycles. The van der Waals surface area contributed by atoms with Gasteiger partial charge in [-0.15, -0.1) is 0 Å². The fourth-order valence-electron chi connectivity index (χ4n) is 0.597. The maximum Gasteiger partial charge on any atom is 0.334 e. The third-order valence-electron chi connectivity index (χ3n) is 1.01. The zero-order valence-corrected chi connectivity index (χ0v) is 7.86. The highest BCUT2D eigenvalue weighted by molar-refractivity contribution is 14.2. The van der Waals surface area contributed by atoms with E-state index in [2.05, 4.69) is 0 Å². The van der Waals surface area contributed by atoms with Crippen LogP contribution in [0, 0.1) is 3.57 Å². The van der Waals surface area contributed by atoms with E-state index in [9.17, 15) is 4.79 Å². The van der Waals surface area contributed by atoms with E-state index in [-0.39, 0.29) is 0 Å². The van der Waals surface area contributed by atoms with Crippen LogP contribution in [0.5, 0.6) is 0 Å². The highest BCUT2D eigenvalue weighted by atomic mass is 127. The second kappa shape index (κ2) is 4.23. The smallest absolute Gasteiger partial charge is 0.334 e. The Morgan fingerprint density at radius 2 is 2.00 bits per heavy atom. The zero-order chi connectivity index (χ0) is 8.10. The van der Waals surface area contributed by atoms with Crippen LogP contribution in [0.3, 0.4) is 0 Å². The quantitative estimate of drug-likeness (QED) is 0.824. The molecule has 0 aliphatic heterocycles. The molecule has 0 saturated heterocycles. The van der Waals surface area contributed by atoms with Gasteiger partial charge in [0, 0.05) is 3.57 Å². The molecule has 3 heteroatoms. The summed E-state index contributed by atoms with van der Waals surface area (Å²) in [7, 11) is 0. The van der Waals surface area contributed by atoms with E-state index in [1.54, 1.807) is 0 Å². The molecule has 0 heterocycles. The number of benzene rings is 1. The van der Waals surface area contributed by atoms with Crippen molar-refractivity contribution in [3.8, 4) is 0 Å². The maximum atomic E-state index is 10.1. The molecule has 0 radical (unpaired) electrons. The summed E-state index contributed by atoms with van der Waals surface area (Å²) in [5, 5.41) is 8.35. The first-order valence-electron chi connectivity index (χ1n) is 3.03. The van der Waals surface area contributed by atoms with Gasteiger partial charge < -0.3 is 5.11 Å². The average Bonchev–Trinajstić information content (AvgIpc) is 2.03. The van der Waals surface area contributed by atoms with Crippen LogP contribution in [0.2, 0.25) is 0 Å². The van der Waals surface area contributed by atoms with Gasteiger partial charge in [-0.1, -0.05) is 38.9 Å². The van der Waals surface area contributed by atoms with E-state index in [0.717, 1.165) is 3.57 Å². The first-order valence-corrected chi connectivity index (χ1v) is 5.36. The van der Waals surface area contributed by atoms with Gasteiger partial charge in [-0.05, 0) is 12.1 Å². The highest BCUT2D eigenvalue weighted by Gasteiger charge is 1.86. The van der Waals surface area contributed by atoms with Crippen molar-refractivity contribution in [2.45, 2.75) is 0 Å². The molecule has 0 unspecified atom stereocenters. The topological polar surface area (TPSA) is 37.3 Å². The van der Waals surface area contributed by atoms with E-state index >= 15 is 0 Å². The summed E-state index contributed by atoms with van der Waals surface area (Å²) in [6, 6.07) is 9.67. The lowest BCUT2D eigenvalue weighted by molar-refractivity contribution is -0.128. The number of carboxylic acid groups (broad SMARTS) is 1. The van der Waals surface area contributed by atoms with E-state index in [1.807, 2.05) is 30.3 Å². The standard InChI is InChI=1S/C8H7IO2/c10-8(11)6-9-7-4-2-1-3-5-7/h1-6H,(H,10,11). The Balaban J connectivity index is 2.72. The molecule has 0 aromatic heterocycles. The summed E-state index contributed by atoms with van der Waals surface area (Å²) < 4.78 is 2.49. The third kappa shape index (κ3) is 3.27. The van der Waals surface area contributed by atoms with Gasteiger partial charge in [-0.3, -0.25) is 0 Å². The van der Waals surface area contributed by atoms with Gasteiger partial charge in [0.25, 0.3) is 0 Å². The number of hydrogen-bond acceptors (Lipinski definition) is 1. The Kier molecular flexibility index (Phi) is 3.22. The van der Waals surface area contributed by atoms with Gasteiger partial charge in [0.15, 0.2) is 0 Å². The Bertz CT molecular complexity index is 267. The molecule has 0 aliphatic carbocycles. The average molecular weight is 262 g/mol. The molecule has 11 heavy (non-hydrogen) atoms. The lowest BCUT2D eigenvalue weighted by Crippen LogP contribution is -1.91. The van der Waals surface area contributed by atoms with Crippen molar-refractivity contribution in [3.05, 3.63) is 33.9 Å². The number of aliphatic carboxylic acids is 1. The van der Waals surface area contributed by atoms with Crippen LogP contribution in [0.4, 0.5) is 0 Å². The molecule has 58 valence electrons. The Morgan fingerprint density at radius 3 is 2.55 bits per heavy atom. The number of carboxylic acids is 1. The second-order valence-corrected chi connectivity index (χ2v) is 4.34. The monoisotopic (exact) mass is 262 g/mol. The highest BCUT2D eigenvalue weighted by Crippen LogP contribution is 2.08. The molecule has 1 rings (SSSR count). The van der Waals surface area contributed by atoms with Gasteiger partial charge in [0.1, 0.15) is 0 Å². The van der Waals surface area contributed by atoms with Crippen LogP contribution in [0.15, 0.2) is 30.3 Å². The summed E-state index contributed by atoms with van der Waals surface area (Å²) in [4.78, 5) is 10.1. The van der Waals surface area contributed by atoms with Gasteiger partial charge >= 0.3 is 5.97 Å². The normalized spacial score (nSPS) is 10.9. The molecule has 1 N–H and O–H groups in total. The first-order chi connectivity index (χ1) is 5.29. The van der Waals surface area contributed by atoms with Crippen molar-refractivity contribution >= 4 is 30.7 Å². The molecule has 0 spiro atoms. The van der Waals surface area contributed by atoms with Crippen molar-refractivity contribution < 1.29 is 9.90 Å². The predicted octanol–water partition coefficient (Wildman–Crippen LogP) is 1.71. The van der Waals surface area contributed by atoms with Crippen molar-refractivity contribution in [3.63, 3.8) is 0 Å². The minimum Gasteiger partial charge on any atom is -0.478 e. The molecule has 0 bridgehead atoms. The van der Waals surface area contributed by atoms with Crippen molar-refractivity contribution in [2.75, 3.05) is 0 Å². The minimum atomic E-state index is -0.818.